The van der Waals surface area contributed by atoms with Crippen LogP contribution in [0.5, 0.6) is 0 Å². The van der Waals surface area contributed by atoms with Gasteiger partial charge in [0.05, 0.1) is 11.7 Å². The molecule has 1 N–H and O–H groups in total. The predicted octanol–water partition coefficient (Wildman–Crippen LogP) is 3.76. The molecular formula is C17H19F3N2O. The van der Waals surface area contributed by atoms with Crippen molar-refractivity contribution in [1.29, 1.82) is 0 Å². The highest BCUT2D eigenvalue weighted by atomic mass is 19.4. The number of benzene rings is 1. The summed E-state index contributed by atoms with van der Waals surface area (Å²) in [5, 5.41) is 3.32. The molecule has 1 aliphatic rings. The lowest BCUT2D eigenvalue weighted by Gasteiger charge is -2.14. The minimum Gasteiger partial charge on any atom is -0.377 e. The highest BCUT2D eigenvalue weighted by Crippen LogP contribution is 2.30. The highest BCUT2D eigenvalue weighted by Gasteiger charge is 2.30. The summed E-state index contributed by atoms with van der Waals surface area (Å²) in [7, 11) is 0. The van der Waals surface area contributed by atoms with Crippen molar-refractivity contribution in [2.45, 2.75) is 31.7 Å². The van der Waals surface area contributed by atoms with Crippen molar-refractivity contribution in [2.75, 3.05) is 13.2 Å². The van der Waals surface area contributed by atoms with Crippen molar-refractivity contribution in [3.8, 4) is 5.69 Å². The predicted molar refractivity (Wildman–Crippen MR) is 81.5 cm³/mol. The summed E-state index contributed by atoms with van der Waals surface area (Å²) in [6, 6.07) is 9.11. The Kier molecular flexibility index (Phi) is 4.73. The fourth-order valence-electron chi connectivity index (χ4n) is 2.81. The van der Waals surface area contributed by atoms with E-state index in [-0.39, 0.29) is 6.10 Å². The average molecular weight is 324 g/mol. The first-order valence-electron chi connectivity index (χ1n) is 7.70. The van der Waals surface area contributed by atoms with E-state index in [9.17, 15) is 13.2 Å². The third kappa shape index (κ3) is 3.95. The van der Waals surface area contributed by atoms with Gasteiger partial charge >= 0.3 is 6.18 Å². The van der Waals surface area contributed by atoms with E-state index in [0.29, 0.717) is 12.2 Å². The van der Waals surface area contributed by atoms with Gasteiger partial charge in [-0.25, -0.2) is 0 Å². The van der Waals surface area contributed by atoms with Crippen LogP contribution in [0, 0.1) is 0 Å². The van der Waals surface area contributed by atoms with E-state index in [2.05, 4.69) is 5.32 Å². The van der Waals surface area contributed by atoms with Crippen molar-refractivity contribution in [2.24, 2.45) is 0 Å². The van der Waals surface area contributed by atoms with Gasteiger partial charge in [0.1, 0.15) is 0 Å². The Morgan fingerprint density at radius 2 is 2.09 bits per heavy atom. The molecule has 3 nitrogen and oxygen atoms in total. The second-order valence-corrected chi connectivity index (χ2v) is 5.68. The van der Waals surface area contributed by atoms with E-state index < -0.39 is 11.7 Å². The summed E-state index contributed by atoms with van der Waals surface area (Å²) in [5.74, 6) is 0. The van der Waals surface area contributed by atoms with Crippen LogP contribution in [0.1, 0.15) is 24.1 Å². The molecule has 0 amide bonds. The van der Waals surface area contributed by atoms with Crippen LogP contribution >= 0.6 is 0 Å². The van der Waals surface area contributed by atoms with Crippen molar-refractivity contribution < 1.29 is 17.9 Å². The molecule has 1 aromatic heterocycles. The minimum atomic E-state index is -4.33. The van der Waals surface area contributed by atoms with Crippen LogP contribution in [-0.2, 0) is 17.5 Å². The number of hydrogen-bond donors (Lipinski definition) is 1. The number of rotatable bonds is 5. The molecule has 1 fully saturated rings. The Labute approximate surface area is 133 Å². The summed E-state index contributed by atoms with van der Waals surface area (Å²) in [4.78, 5) is 0. The number of nitrogens with one attached hydrogen (secondary N) is 1. The third-order valence-electron chi connectivity index (χ3n) is 3.99. The zero-order chi connectivity index (χ0) is 16.3. The third-order valence-corrected chi connectivity index (χ3v) is 3.99. The molecule has 1 saturated heterocycles. The van der Waals surface area contributed by atoms with E-state index in [1.807, 2.05) is 12.1 Å². The quantitative estimate of drug-likeness (QED) is 0.906. The zero-order valence-electron chi connectivity index (χ0n) is 12.6. The Morgan fingerprint density at radius 3 is 2.83 bits per heavy atom. The largest absolute Gasteiger partial charge is 0.416 e. The second-order valence-electron chi connectivity index (χ2n) is 5.68. The zero-order valence-corrected chi connectivity index (χ0v) is 12.6. The van der Waals surface area contributed by atoms with Gasteiger partial charge in [0.15, 0.2) is 0 Å². The van der Waals surface area contributed by atoms with Gasteiger partial charge in [-0.05, 0) is 43.2 Å². The normalized spacial score (nSPS) is 18.5. The lowest BCUT2D eigenvalue weighted by Crippen LogP contribution is -2.26. The van der Waals surface area contributed by atoms with Crippen LogP contribution in [-0.4, -0.2) is 23.8 Å². The van der Waals surface area contributed by atoms with E-state index in [1.54, 1.807) is 16.8 Å². The summed E-state index contributed by atoms with van der Waals surface area (Å²) >= 11 is 0. The molecule has 1 atom stereocenters. The minimum absolute atomic E-state index is 0.243. The van der Waals surface area contributed by atoms with Crippen LogP contribution in [0.3, 0.4) is 0 Å². The smallest absolute Gasteiger partial charge is 0.377 e. The van der Waals surface area contributed by atoms with E-state index >= 15 is 0 Å². The summed E-state index contributed by atoms with van der Waals surface area (Å²) < 4.78 is 45.9. The Bertz CT molecular complexity index is 645. The van der Waals surface area contributed by atoms with E-state index in [1.165, 1.54) is 12.1 Å². The van der Waals surface area contributed by atoms with Gasteiger partial charge in [-0.1, -0.05) is 6.07 Å². The number of ether oxygens (including phenoxy) is 1. The van der Waals surface area contributed by atoms with Gasteiger partial charge in [-0.3, -0.25) is 0 Å². The standard InChI is InChI=1S/C17H19F3N2O/c18-17(19,20)13-4-1-5-14(10-13)22-8-2-6-15(22)11-21-12-16-7-3-9-23-16/h1-2,4-6,8,10,16,21H,3,7,9,11-12H2. The monoisotopic (exact) mass is 324 g/mol. The SMILES string of the molecule is FC(F)(F)c1cccc(-n2cccc2CNCC2CCCO2)c1. The number of nitrogens with zero attached hydrogens (tertiary/aromatic N) is 1. The van der Waals surface area contributed by atoms with Crippen molar-refractivity contribution in [3.63, 3.8) is 0 Å². The van der Waals surface area contributed by atoms with E-state index in [4.69, 9.17) is 4.74 Å². The van der Waals surface area contributed by atoms with Crippen molar-refractivity contribution >= 4 is 0 Å². The molecule has 0 saturated carbocycles. The summed E-state index contributed by atoms with van der Waals surface area (Å²) in [5.41, 5.74) is 0.794. The van der Waals surface area contributed by atoms with Gasteiger partial charge in [0.2, 0.25) is 0 Å². The molecule has 0 aliphatic carbocycles. The van der Waals surface area contributed by atoms with Crippen LogP contribution in [0.15, 0.2) is 42.6 Å². The number of alkyl halides is 3. The first-order valence-corrected chi connectivity index (χ1v) is 7.70. The van der Waals surface area contributed by atoms with Gasteiger partial charge in [0, 0.05) is 37.3 Å². The first kappa shape index (κ1) is 16.1. The Morgan fingerprint density at radius 1 is 1.22 bits per heavy atom. The van der Waals surface area contributed by atoms with Crippen molar-refractivity contribution in [1.82, 2.24) is 9.88 Å². The Balaban J connectivity index is 1.70. The maximum absolute atomic E-state index is 12.8. The van der Waals surface area contributed by atoms with Gasteiger partial charge < -0.3 is 14.6 Å². The lowest BCUT2D eigenvalue weighted by atomic mass is 10.2. The topological polar surface area (TPSA) is 26.2 Å². The molecule has 6 heteroatoms. The molecule has 23 heavy (non-hydrogen) atoms. The molecular weight excluding hydrogens is 305 g/mol. The number of halogens is 3. The maximum Gasteiger partial charge on any atom is 0.416 e. The van der Waals surface area contributed by atoms with Crippen LogP contribution in [0.4, 0.5) is 13.2 Å². The molecule has 1 aromatic carbocycles. The van der Waals surface area contributed by atoms with Crippen LogP contribution in [0.25, 0.3) is 5.69 Å². The molecule has 3 rings (SSSR count). The molecule has 0 bridgehead atoms. The molecule has 0 spiro atoms. The molecule has 0 radical (unpaired) electrons. The fourth-order valence-corrected chi connectivity index (χ4v) is 2.81. The lowest BCUT2D eigenvalue weighted by molar-refractivity contribution is -0.137. The van der Waals surface area contributed by atoms with Gasteiger partial charge in [-0.2, -0.15) is 13.2 Å². The molecule has 124 valence electrons. The highest BCUT2D eigenvalue weighted by molar-refractivity contribution is 5.39. The Hall–Kier alpha value is -1.79. The van der Waals surface area contributed by atoms with E-state index in [0.717, 1.165) is 37.8 Å². The van der Waals surface area contributed by atoms with Crippen molar-refractivity contribution in [3.05, 3.63) is 53.9 Å². The van der Waals surface area contributed by atoms with Gasteiger partial charge in [0.25, 0.3) is 0 Å². The maximum atomic E-state index is 12.8. The molecule has 2 aromatic rings. The first-order chi connectivity index (χ1) is 11.0. The van der Waals surface area contributed by atoms with Gasteiger partial charge in [-0.15, -0.1) is 0 Å². The van der Waals surface area contributed by atoms with Crippen LogP contribution < -0.4 is 5.32 Å². The number of hydrogen-bond acceptors (Lipinski definition) is 2. The molecule has 2 heterocycles. The molecule has 1 unspecified atom stereocenters. The summed E-state index contributed by atoms with van der Waals surface area (Å²) in [6.45, 7) is 2.16. The fraction of sp³-hybridized carbons (Fsp3) is 0.412. The summed E-state index contributed by atoms with van der Waals surface area (Å²) in [6.07, 6.45) is -0.166. The molecule has 1 aliphatic heterocycles. The van der Waals surface area contributed by atoms with Crippen LogP contribution in [0.2, 0.25) is 0 Å². The average Bonchev–Trinajstić information content (AvgIpc) is 3.18. The second kappa shape index (κ2) is 6.76. The number of aromatic nitrogens is 1.